The number of aliphatic hydroxyl groups excluding tert-OH is 1. The normalized spacial score (nSPS) is 13.0. The Morgan fingerprint density at radius 2 is 2.14 bits per heavy atom. The van der Waals surface area contributed by atoms with Crippen molar-refractivity contribution in [2.24, 2.45) is 0 Å². The third-order valence-corrected chi connectivity index (χ3v) is 3.41. The van der Waals surface area contributed by atoms with E-state index in [-0.39, 0.29) is 29.7 Å². The van der Waals surface area contributed by atoms with Crippen molar-refractivity contribution in [1.82, 2.24) is 5.32 Å². The quantitative estimate of drug-likeness (QED) is 0.810. The SMILES string of the molecule is COCC(CCO)NC(=O)c1cc(C(F)(F)F)ccc1Br. The average molecular weight is 370 g/mol. The molecule has 0 fully saturated rings. The Labute approximate surface area is 128 Å². The van der Waals surface area contributed by atoms with Crippen LogP contribution in [0.1, 0.15) is 22.3 Å². The van der Waals surface area contributed by atoms with Gasteiger partial charge in [-0.25, -0.2) is 0 Å². The Kier molecular flexibility index (Phi) is 6.63. The summed E-state index contributed by atoms with van der Waals surface area (Å²) in [5.41, 5.74) is -1.02. The molecule has 1 amide bonds. The van der Waals surface area contributed by atoms with Gasteiger partial charge in [-0.1, -0.05) is 0 Å². The van der Waals surface area contributed by atoms with E-state index in [1.807, 2.05) is 0 Å². The fourth-order valence-corrected chi connectivity index (χ4v) is 2.12. The van der Waals surface area contributed by atoms with Crippen LogP contribution in [0.3, 0.4) is 0 Å². The summed E-state index contributed by atoms with van der Waals surface area (Å²) in [5, 5.41) is 11.4. The molecule has 8 heteroatoms. The van der Waals surface area contributed by atoms with Gasteiger partial charge in [-0.2, -0.15) is 13.2 Å². The lowest BCUT2D eigenvalue weighted by atomic mass is 10.1. The lowest BCUT2D eigenvalue weighted by Crippen LogP contribution is -2.39. The molecule has 1 aromatic carbocycles. The Morgan fingerprint density at radius 3 is 2.67 bits per heavy atom. The smallest absolute Gasteiger partial charge is 0.396 e. The lowest BCUT2D eigenvalue weighted by molar-refractivity contribution is -0.137. The maximum absolute atomic E-state index is 12.7. The number of nitrogens with one attached hydrogen (secondary N) is 1. The first-order valence-corrected chi connectivity index (χ1v) is 6.86. The Morgan fingerprint density at radius 1 is 1.48 bits per heavy atom. The van der Waals surface area contributed by atoms with E-state index in [9.17, 15) is 18.0 Å². The third-order valence-electron chi connectivity index (χ3n) is 2.72. The topological polar surface area (TPSA) is 58.6 Å². The van der Waals surface area contributed by atoms with Crippen molar-refractivity contribution >= 4 is 21.8 Å². The van der Waals surface area contributed by atoms with E-state index in [4.69, 9.17) is 9.84 Å². The molecule has 1 unspecified atom stereocenters. The lowest BCUT2D eigenvalue weighted by Gasteiger charge is -2.18. The number of carbonyl (C=O) groups is 1. The highest BCUT2D eigenvalue weighted by Gasteiger charge is 2.31. The molecule has 4 nitrogen and oxygen atoms in total. The van der Waals surface area contributed by atoms with Crippen LogP contribution in [0.15, 0.2) is 22.7 Å². The van der Waals surface area contributed by atoms with Gasteiger partial charge in [-0.15, -0.1) is 0 Å². The number of methoxy groups -OCH3 is 1. The van der Waals surface area contributed by atoms with Crippen molar-refractivity contribution in [1.29, 1.82) is 0 Å². The number of halogens is 4. The minimum Gasteiger partial charge on any atom is -0.396 e. The number of aliphatic hydroxyl groups is 1. The highest BCUT2D eigenvalue weighted by atomic mass is 79.9. The van der Waals surface area contributed by atoms with E-state index in [0.29, 0.717) is 0 Å². The van der Waals surface area contributed by atoms with Gasteiger partial charge < -0.3 is 15.2 Å². The monoisotopic (exact) mass is 369 g/mol. The molecule has 0 bridgehead atoms. The van der Waals surface area contributed by atoms with E-state index in [1.165, 1.54) is 13.2 Å². The predicted octanol–water partition coefficient (Wildman–Crippen LogP) is 2.60. The molecule has 2 N–H and O–H groups in total. The second-order valence-corrected chi connectivity index (χ2v) is 5.18. The van der Waals surface area contributed by atoms with Gasteiger partial charge in [0, 0.05) is 18.2 Å². The van der Waals surface area contributed by atoms with E-state index < -0.39 is 23.7 Å². The van der Waals surface area contributed by atoms with E-state index in [2.05, 4.69) is 21.2 Å². The highest BCUT2D eigenvalue weighted by molar-refractivity contribution is 9.10. The summed E-state index contributed by atoms with van der Waals surface area (Å²) in [4.78, 5) is 12.1. The molecule has 0 heterocycles. The summed E-state index contributed by atoms with van der Waals surface area (Å²) < 4.78 is 43.1. The average Bonchev–Trinajstić information content (AvgIpc) is 2.38. The fourth-order valence-electron chi connectivity index (χ4n) is 1.69. The number of hydrogen-bond acceptors (Lipinski definition) is 3. The third kappa shape index (κ3) is 5.29. The van der Waals surface area contributed by atoms with Crippen molar-refractivity contribution in [2.45, 2.75) is 18.6 Å². The van der Waals surface area contributed by atoms with Gasteiger partial charge in [0.05, 0.1) is 23.8 Å². The van der Waals surface area contributed by atoms with Gasteiger partial charge in [0.25, 0.3) is 5.91 Å². The maximum atomic E-state index is 12.7. The minimum atomic E-state index is -4.52. The number of rotatable bonds is 6. The molecule has 1 rings (SSSR count). The summed E-state index contributed by atoms with van der Waals surface area (Å²) >= 11 is 3.06. The fraction of sp³-hybridized carbons (Fsp3) is 0.462. The summed E-state index contributed by atoms with van der Waals surface area (Å²) in [6, 6.07) is 2.37. The zero-order valence-electron chi connectivity index (χ0n) is 11.2. The molecule has 0 spiro atoms. The second kappa shape index (κ2) is 7.77. The Balaban J connectivity index is 2.95. The van der Waals surface area contributed by atoms with Crippen LogP contribution in [0.4, 0.5) is 13.2 Å². The molecule has 0 aliphatic rings. The summed E-state index contributed by atoms with van der Waals surface area (Å²) in [6.45, 7) is -0.0129. The number of benzene rings is 1. The van der Waals surface area contributed by atoms with Gasteiger partial charge >= 0.3 is 6.18 Å². The molecule has 0 saturated heterocycles. The van der Waals surface area contributed by atoms with Gasteiger partial charge in [0.1, 0.15) is 0 Å². The summed E-state index contributed by atoms with van der Waals surface area (Å²) in [7, 11) is 1.43. The molecule has 1 atom stereocenters. The summed E-state index contributed by atoms with van der Waals surface area (Å²) in [5.74, 6) is -0.663. The van der Waals surface area contributed by atoms with Crippen LogP contribution < -0.4 is 5.32 Å². The molecule has 0 saturated carbocycles. The van der Waals surface area contributed by atoms with Crippen molar-refractivity contribution in [3.8, 4) is 0 Å². The zero-order chi connectivity index (χ0) is 16.0. The van der Waals surface area contributed by atoms with Crippen molar-refractivity contribution < 1.29 is 27.8 Å². The number of hydrogen-bond donors (Lipinski definition) is 2. The number of alkyl halides is 3. The van der Waals surface area contributed by atoms with Crippen molar-refractivity contribution in [3.05, 3.63) is 33.8 Å². The molecule has 0 aliphatic heterocycles. The molecule has 0 aliphatic carbocycles. The largest absolute Gasteiger partial charge is 0.416 e. The molecule has 21 heavy (non-hydrogen) atoms. The van der Waals surface area contributed by atoms with Crippen LogP contribution in [0.2, 0.25) is 0 Å². The molecule has 118 valence electrons. The number of ether oxygens (including phenoxy) is 1. The standard InChI is InChI=1S/C13H15BrF3NO3/c1-21-7-9(4-5-19)18-12(20)10-6-8(13(15,16)17)2-3-11(10)14/h2-3,6,9,19H,4-5,7H2,1H3,(H,18,20). The van der Waals surface area contributed by atoms with E-state index in [1.54, 1.807) is 0 Å². The van der Waals surface area contributed by atoms with Crippen LogP contribution in [0.5, 0.6) is 0 Å². The first kappa shape index (κ1) is 17.9. The van der Waals surface area contributed by atoms with Crippen LogP contribution >= 0.6 is 15.9 Å². The Bertz CT molecular complexity index is 488. The van der Waals surface area contributed by atoms with Crippen LogP contribution in [0, 0.1) is 0 Å². The van der Waals surface area contributed by atoms with Crippen molar-refractivity contribution in [3.63, 3.8) is 0 Å². The molecular formula is C13H15BrF3NO3. The number of carbonyl (C=O) groups excluding carboxylic acids is 1. The summed E-state index contributed by atoms with van der Waals surface area (Å²) in [6.07, 6.45) is -4.27. The maximum Gasteiger partial charge on any atom is 0.416 e. The predicted molar refractivity (Wildman–Crippen MR) is 74.0 cm³/mol. The molecule has 0 radical (unpaired) electrons. The molecular weight excluding hydrogens is 355 g/mol. The highest BCUT2D eigenvalue weighted by Crippen LogP contribution is 2.31. The van der Waals surface area contributed by atoms with Crippen LogP contribution in [0.25, 0.3) is 0 Å². The minimum absolute atomic E-state index is 0.121. The van der Waals surface area contributed by atoms with Gasteiger partial charge in [0.15, 0.2) is 0 Å². The van der Waals surface area contributed by atoms with Gasteiger partial charge in [-0.05, 0) is 40.5 Å². The Hall–Kier alpha value is -1.12. The van der Waals surface area contributed by atoms with E-state index in [0.717, 1.165) is 12.1 Å². The first-order chi connectivity index (χ1) is 9.79. The second-order valence-electron chi connectivity index (χ2n) is 4.33. The molecule has 1 aromatic rings. The van der Waals surface area contributed by atoms with E-state index >= 15 is 0 Å². The number of amides is 1. The molecule has 0 aromatic heterocycles. The van der Waals surface area contributed by atoms with Gasteiger partial charge in [-0.3, -0.25) is 4.79 Å². The zero-order valence-corrected chi connectivity index (χ0v) is 12.8. The van der Waals surface area contributed by atoms with Crippen LogP contribution in [-0.4, -0.2) is 37.4 Å². The first-order valence-electron chi connectivity index (χ1n) is 6.07. The van der Waals surface area contributed by atoms with Gasteiger partial charge in [0.2, 0.25) is 0 Å². The van der Waals surface area contributed by atoms with Crippen molar-refractivity contribution in [2.75, 3.05) is 20.3 Å². The van der Waals surface area contributed by atoms with Crippen LogP contribution in [-0.2, 0) is 10.9 Å².